The predicted molar refractivity (Wildman–Crippen MR) is 109 cm³/mol. The van der Waals surface area contributed by atoms with Gasteiger partial charge in [0.1, 0.15) is 0 Å². The number of aliphatic hydroxyl groups excluding tert-OH is 1. The van der Waals surface area contributed by atoms with E-state index in [1.54, 1.807) is 17.3 Å². The smallest absolute Gasteiger partial charge is 0.227 e. The summed E-state index contributed by atoms with van der Waals surface area (Å²) >= 11 is 0. The molecule has 0 bridgehead atoms. The third kappa shape index (κ3) is 4.03. The first-order valence-electron chi connectivity index (χ1n) is 10.3. The van der Waals surface area contributed by atoms with E-state index >= 15 is 0 Å². The molecule has 1 aromatic heterocycles. The van der Waals surface area contributed by atoms with Crippen LogP contribution in [0.2, 0.25) is 0 Å². The SMILES string of the molecule is O=C(NC[C@@H]1[C@H](c2ccccc2)[C@@H](CO)N1C(=O)Cc1cccnc1)C1CCC1. The van der Waals surface area contributed by atoms with Crippen LogP contribution in [0.5, 0.6) is 0 Å². The molecular weight excluding hydrogens is 366 g/mol. The van der Waals surface area contributed by atoms with E-state index in [1.807, 2.05) is 42.5 Å². The number of benzene rings is 1. The summed E-state index contributed by atoms with van der Waals surface area (Å²) in [5.41, 5.74) is 1.93. The minimum Gasteiger partial charge on any atom is -0.394 e. The lowest BCUT2D eigenvalue weighted by molar-refractivity contribution is -0.150. The summed E-state index contributed by atoms with van der Waals surface area (Å²) in [5.74, 6) is 0.140. The molecule has 29 heavy (non-hydrogen) atoms. The molecule has 3 atom stereocenters. The maximum Gasteiger partial charge on any atom is 0.227 e. The van der Waals surface area contributed by atoms with Gasteiger partial charge in [-0.1, -0.05) is 42.8 Å². The van der Waals surface area contributed by atoms with Gasteiger partial charge in [0.15, 0.2) is 0 Å². The summed E-state index contributed by atoms with van der Waals surface area (Å²) in [6, 6.07) is 13.2. The van der Waals surface area contributed by atoms with Crippen LogP contribution in [-0.2, 0) is 16.0 Å². The van der Waals surface area contributed by atoms with Crippen LogP contribution in [0.1, 0.15) is 36.3 Å². The number of hydrogen-bond acceptors (Lipinski definition) is 4. The fourth-order valence-electron chi connectivity index (χ4n) is 4.45. The molecule has 6 nitrogen and oxygen atoms in total. The molecular formula is C23H27N3O3. The minimum absolute atomic E-state index is 0.000684. The largest absolute Gasteiger partial charge is 0.394 e. The van der Waals surface area contributed by atoms with E-state index in [-0.39, 0.29) is 48.8 Å². The number of aliphatic hydroxyl groups is 1. The Hall–Kier alpha value is -2.73. The number of amides is 2. The number of rotatable bonds is 7. The molecule has 2 aliphatic rings. The number of nitrogens with one attached hydrogen (secondary N) is 1. The Morgan fingerprint density at radius 2 is 1.90 bits per heavy atom. The molecule has 2 fully saturated rings. The number of nitrogens with zero attached hydrogens (tertiary/aromatic N) is 2. The van der Waals surface area contributed by atoms with Gasteiger partial charge in [0.25, 0.3) is 0 Å². The van der Waals surface area contributed by atoms with Gasteiger partial charge in [-0.2, -0.15) is 0 Å². The van der Waals surface area contributed by atoms with Crippen molar-refractivity contribution in [3.63, 3.8) is 0 Å². The van der Waals surface area contributed by atoms with Crippen LogP contribution in [0.25, 0.3) is 0 Å². The highest BCUT2D eigenvalue weighted by molar-refractivity contribution is 5.82. The number of carbonyl (C=O) groups is 2. The molecule has 1 saturated carbocycles. The minimum atomic E-state index is -0.285. The van der Waals surface area contributed by atoms with Crippen molar-refractivity contribution >= 4 is 11.8 Å². The zero-order valence-corrected chi connectivity index (χ0v) is 16.4. The lowest BCUT2D eigenvalue weighted by Crippen LogP contribution is -2.69. The Balaban J connectivity index is 1.52. The lowest BCUT2D eigenvalue weighted by Gasteiger charge is -2.55. The third-order valence-corrected chi connectivity index (χ3v) is 6.24. The van der Waals surface area contributed by atoms with Crippen molar-refractivity contribution in [3.05, 3.63) is 66.0 Å². The molecule has 0 radical (unpaired) electrons. The normalized spacial score (nSPS) is 23.8. The molecule has 0 spiro atoms. The summed E-state index contributed by atoms with van der Waals surface area (Å²) in [6.45, 7) is 0.301. The van der Waals surface area contributed by atoms with E-state index in [2.05, 4.69) is 10.3 Å². The van der Waals surface area contributed by atoms with Gasteiger partial charge in [-0.05, 0) is 30.0 Å². The number of hydrogen-bond donors (Lipinski definition) is 2. The first-order chi connectivity index (χ1) is 14.2. The molecule has 2 heterocycles. The van der Waals surface area contributed by atoms with Gasteiger partial charge >= 0.3 is 0 Å². The second-order valence-electron chi connectivity index (χ2n) is 7.97. The molecule has 1 aromatic carbocycles. The Morgan fingerprint density at radius 1 is 1.10 bits per heavy atom. The molecule has 1 aliphatic heterocycles. The fraction of sp³-hybridized carbons (Fsp3) is 0.435. The standard InChI is InChI=1S/C23H27N3O3/c27-15-20-22(17-7-2-1-3-8-17)19(14-25-23(29)18-9-4-10-18)26(20)21(28)12-16-6-5-11-24-13-16/h1-3,5-8,11,13,18-20,22,27H,4,9-10,12,14-15H2,(H,25,29)/t19-,20-,22+/m1/s1. The van der Waals surface area contributed by atoms with Gasteiger partial charge in [-0.15, -0.1) is 0 Å². The molecule has 0 unspecified atom stereocenters. The second-order valence-corrected chi connectivity index (χ2v) is 7.97. The third-order valence-electron chi connectivity index (χ3n) is 6.24. The van der Waals surface area contributed by atoms with Gasteiger partial charge in [0, 0.05) is 30.8 Å². The van der Waals surface area contributed by atoms with Crippen molar-refractivity contribution in [3.8, 4) is 0 Å². The van der Waals surface area contributed by atoms with Gasteiger partial charge in [-0.25, -0.2) is 0 Å². The second kappa shape index (κ2) is 8.74. The maximum absolute atomic E-state index is 13.1. The van der Waals surface area contributed by atoms with Crippen molar-refractivity contribution < 1.29 is 14.7 Å². The van der Waals surface area contributed by atoms with Crippen molar-refractivity contribution in [2.75, 3.05) is 13.2 Å². The summed E-state index contributed by atoms with van der Waals surface area (Å²) in [6.07, 6.45) is 6.60. The number of pyridine rings is 1. The fourth-order valence-corrected chi connectivity index (χ4v) is 4.45. The van der Waals surface area contributed by atoms with Crippen LogP contribution in [0.4, 0.5) is 0 Å². The van der Waals surface area contributed by atoms with E-state index in [0.29, 0.717) is 6.54 Å². The maximum atomic E-state index is 13.1. The molecule has 6 heteroatoms. The first-order valence-corrected chi connectivity index (χ1v) is 10.3. The average Bonchev–Trinajstić information content (AvgIpc) is 2.67. The Bertz CT molecular complexity index is 839. The molecule has 1 saturated heterocycles. The molecule has 2 amide bonds. The average molecular weight is 393 g/mol. The summed E-state index contributed by atoms with van der Waals surface area (Å²) < 4.78 is 0. The van der Waals surface area contributed by atoms with Gasteiger partial charge in [-0.3, -0.25) is 14.6 Å². The van der Waals surface area contributed by atoms with Crippen LogP contribution >= 0.6 is 0 Å². The summed E-state index contributed by atoms with van der Waals surface area (Å²) in [7, 11) is 0. The predicted octanol–water partition coefficient (Wildman–Crippen LogP) is 1.90. The topological polar surface area (TPSA) is 82.5 Å². The monoisotopic (exact) mass is 393 g/mol. The van der Waals surface area contributed by atoms with Gasteiger partial charge in [0.05, 0.1) is 25.1 Å². The van der Waals surface area contributed by atoms with Gasteiger partial charge in [0.2, 0.25) is 11.8 Å². The van der Waals surface area contributed by atoms with E-state index < -0.39 is 0 Å². The quantitative estimate of drug-likeness (QED) is 0.753. The lowest BCUT2D eigenvalue weighted by atomic mass is 9.74. The van der Waals surface area contributed by atoms with E-state index in [9.17, 15) is 14.7 Å². The summed E-state index contributed by atoms with van der Waals surface area (Å²) in [5, 5.41) is 13.1. The zero-order chi connectivity index (χ0) is 20.2. The van der Waals surface area contributed by atoms with Crippen LogP contribution in [0.15, 0.2) is 54.9 Å². The Morgan fingerprint density at radius 3 is 2.52 bits per heavy atom. The zero-order valence-electron chi connectivity index (χ0n) is 16.4. The van der Waals surface area contributed by atoms with Crippen molar-refractivity contribution in [1.29, 1.82) is 0 Å². The van der Waals surface area contributed by atoms with Crippen molar-refractivity contribution in [1.82, 2.24) is 15.2 Å². The first kappa shape index (κ1) is 19.6. The van der Waals surface area contributed by atoms with Crippen molar-refractivity contribution in [2.45, 2.75) is 43.7 Å². The molecule has 2 aromatic rings. The van der Waals surface area contributed by atoms with Crippen molar-refractivity contribution in [2.24, 2.45) is 5.92 Å². The van der Waals surface area contributed by atoms with Crippen LogP contribution in [0.3, 0.4) is 0 Å². The van der Waals surface area contributed by atoms with Crippen LogP contribution in [0, 0.1) is 5.92 Å². The molecule has 2 N–H and O–H groups in total. The Kier molecular flexibility index (Phi) is 5.90. The molecule has 152 valence electrons. The van der Waals surface area contributed by atoms with E-state index in [0.717, 1.165) is 30.4 Å². The number of carbonyl (C=O) groups excluding carboxylic acids is 2. The molecule has 1 aliphatic carbocycles. The van der Waals surface area contributed by atoms with E-state index in [4.69, 9.17) is 0 Å². The highest BCUT2D eigenvalue weighted by Gasteiger charge is 2.50. The highest BCUT2D eigenvalue weighted by atomic mass is 16.3. The number of likely N-dealkylation sites (tertiary alicyclic amines) is 1. The molecule has 4 rings (SSSR count). The Labute approximate surface area is 171 Å². The van der Waals surface area contributed by atoms with Crippen LogP contribution < -0.4 is 5.32 Å². The van der Waals surface area contributed by atoms with Crippen LogP contribution in [-0.4, -0.2) is 52.0 Å². The van der Waals surface area contributed by atoms with Gasteiger partial charge < -0.3 is 15.3 Å². The highest BCUT2D eigenvalue weighted by Crippen LogP contribution is 2.41. The number of aromatic nitrogens is 1. The van der Waals surface area contributed by atoms with E-state index in [1.165, 1.54) is 0 Å². The summed E-state index contributed by atoms with van der Waals surface area (Å²) in [4.78, 5) is 31.3.